The van der Waals surface area contributed by atoms with Crippen LogP contribution >= 0.6 is 0 Å². The zero-order valence-electron chi connectivity index (χ0n) is 89.9. The van der Waals surface area contributed by atoms with Gasteiger partial charge in [-0.25, -0.2) is 9.78 Å². The molecule has 1 atom stereocenters. The number of hydrogen-bond donors (Lipinski definition) is 7. The van der Waals surface area contributed by atoms with Crippen LogP contribution in [0.2, 0.25) is 0 Å². The smallest absolute Gasteiger partial charge is 0.324 e. The maximum atomic E-state index is 14.6. The Morgan fingerprint density at radius 2 is 0.761 bits per heavy atom. The summed E-state index contributed by atoms with van der Waals surface area (Å²) in [4.78, 5) is 72.3. The number of unbranched alkanes of at least 4 members (excludes halogenated alkanes) is 1. The summed E-state index contributed by atoms with van der Waals surface area (Å²) in [7, 11) is 4.25. The molecule has 4 aliphatic rings. The molecule has 138 heavy (non-hydrogen) atoms. The number of rotatable bonds is 32. The minimum atomic E-state index is -1.48. The standard InChI is InChI=1S/C36H60N2O5.C33H49NO6.C28H34O3.C19H28O5/c1-14-15-16-36(19-26-17-24(2)29(39)25(3)18-26,30(40)42-27-20-32(4,5)37(12)33(6,7)21-27)31(41)43-28-22-34(8,9)38(13)35(10,11)23-28;1-22-16-26(17-23(2)30(22)36)10-9-14-39-40-28-20-32(5,6)34(33(7,8)21-28)13-15-38-29(35)12-11-27-18-24(3)31(37)25(4)19-27;1-15(22-9-19(5)26(29)12-16(22)2)8-25(23-10-20(6)27(30)13-17(23)3)24-11-21(7)28(31)14-18(24)4;1-13-10-15(11-14(2)17(13)21)6-7-16(20)24-12-19(3,4)18-22-8-5-9-23-18/h17-18,27-28,39H,14-16,19-23H2,1-13H3;16-19,28,36-37H,9-15,20-21H2,1-8H3;9-15,25,29-31H,8H2,1-7H3;10-11,18,21H,5-9,12H2,1-4H3. The van der Waals surface area contributed by atoms with Gasteiger partial charge in [0.25, 0.3) is 0 Å². The highest BCUT2D eigenvalue weighted by atomic mass is 17.2. The Labute approximate surface area is 826 Å². The normalized spacial score (nSPS) is 17.7. The van der Waals surface area contributed by atoms with E-state index in [1.165, 1.54) is 22.3 Å². The number of benzene rings is 7. The Morgan fingerprint density at radius 1 is 0.420 bits per heavy atom. The van der Waals surface area contributed by atoms with Crippen LogP contribution in [-0.4, -0.2) is 186 Å². The molecule has 11 rings (SSSR count). The van der Waals surface area contributed by atoms with Crippen molar-refractivity contribution in [1.29, 1.82) is 0 Å². The summed E-state index contributed by atoms with van der Waals surface area (Å²) in [5.41, 5.74) is 17.2. The van der Waals surface area contributed by atoms with Crippen LogP contribution in [0.15, 0.2) is 84.9 Å². The fourth-order valence-corrected chi connectivity index (χ4v) is 21.5. The Kier molecular flexibility index (Phi) is 39.3. The van der Waals surface area contributed by atoms with Crippen LogP contribution in [0, 0.1) is 108 Å². The van der Waals surface area contributed by atoms with Gasteiger partial charge in [0.15, 0.2) is 11.7 Å². The molecule has 0 spiro atoms. The van der Waals surface area contributed by atoms with E-state index in [1.807, 2.05) is 178 Å². The topological polar surface area (TPSA) is 293 Å². The molecule has 4 saturated heterocycles. The summed E-state index contributed by atoms with van der Waals surface area (Å²) in [6, 6.07) is 27.3. The van der Waals surface area contributed by atoms with Crippen molar-refractivity contribution in [2.24, 2.45) is 10.8 Å². The monoisotopic (exact) mass is 1910 g/mol. The van der Waals surface area contributed by atoms with Crippen molar-refractivity contribution < 1.29 is 93.1 Å². The minimum absolute atomic E-state index is 0.0146. The summed E-state index contributed by atoms with van der Waals surface area (Å²) in [6.07, 6.45) is 10.8. The summed E-state index contributed by atoms with van der Waals surface area (Å²) in [5, 5.41) is 70.7. The van der Waals surface area contributed by atoms with Gasteiger partial charge in [0.2, 0.25) is 0 Å². The number of phenols is 7. The molecule has 0 aliphatic carbocycles. The molecule has 0 bridgehead atoms. The number of esters is 4. The summed E-state index contributed by atoms with van der Waals surface area (Å²) in [6.45, 7) is 64.6. The molecule has 7 aromatic carbocycles. The van der Waals surface area contributed by atoms with Gasteiger partial charge in [-0.2, -0.15) is 0 Å². The molecular formula is C116H171N3O19. The average molecular weight is 1910 g/mol. The Hall–Kier alpha value is -9.26. The van der Waals surface area contributed by atoms with E-state index in [2.05, 4.69) is 144 Å². The van der Waals surface area contributed by atoms with Gasteiger partial charge in [0.1, 0.15) is 65.7 Å². The number of ether oxygens (including phenoxy) is 6. The molecule has 7 N–H and O–H groups in total. The van der Waals surface area contributed by atoms with E-state index in [0.717, 1.165) is 140 Å². The van der Waals surface area contributed by atoms with Crippen molar-refractivity contribution in [3.05, 3.63) is 202 Å². The van der Waals surface area contributed by atoms with Crippen molar-refractivity contribution in [3.8, 4) is 40.2 Å². The first-order valence-electron chi connectivity index (χ1n) is 50.1. The lowest BCUT2D eigenvalue weighted by molar-refractivity contribution is -0.340. The van der Waals surface area contributed by atoms with Crippen molar-refractivity contribution in [3.63, 3.8) is 0 Å². The van der Waals surface area contributed by atoms with Crippen LogP contribution in [0.4, 0.5) is 0 Å². The van der Waals surface area contributed by atoms with Crippen LogP contribution < -0.4 is 0 Å². The van der Waals surface area contributed by atoms with E-state index in [9.17, 15) is 54.9 Å². The fraction of sp³-hybridized carbons (Fsp3) is 0.603. The number of carbonyl (C=O) groups is 4. The quantitative estimate of drug-likeness (QED) is 0.00515. The third kappa shape index (κ3) is 29.9. The van der Waals surface area contributed by atoms with Crippen molar-refractivity contribution in [1.82, 2.24) is 14.7 Å². The lowest BCUT2D eigenvalue weighted by atomic mass is 9.75. The molecule has 1 unspecified atom stereocenters. The van der Waals surface area contributed by atoms with Crippen LogP contribution in [0.1, 0.15) is 329 Å². The molecule has 4 heterocycles. The number of nitrogens with zero attached hydrogens (tertiary/aromatic N) is 3. The number of piperidine rings is 3. The Morgan fingerprint density at radius 3 is 1.14 bits per heavy atom. The minimum Gasteiger partial charge on any atom is -0.508 e. The van der Waals surface area contributed by atoms with Gasteiger partial charge in [0.05, 0.1) is 25.9 Å². The average Bonchev–Trinajstić information content (AvgIpc) is 0.790. The predicted molar refractivity (Wildman–Crippen MR) is 550 cm³/mol. The number of aryl methyl sites for hydroxylation is 17. The van der Waals surface area contributed by atoms with Gasteiger partial charge in [-0.1, -0.05) is 107 Å². The first-order chi connectivity index (χ1) is 64.0. The van der Waals surface area contributed by atoms with E-state index in [-0.39, 0.29) is 106 Å². The molecule has 4 aliphatic heterocycles. The molecule has 764 valence electrons. The van der Waals surface area contributed by atoms with Crippen LogP contribution in [0.3, 0.4) is 0 Å². The third-order valence-electron chi connectivity index (χ3n) is 29.9. The molecular weight excluding hydrogens is 1740 g/mol. The molecule has 0 saturated carbocycles. The number of aromatic hydroxyl groups is 7. The fourth-order valence-electron chi connectivity index (χ4n) is 21.5. The van der Waals surface area contributed by atoms with Gasteiger partial charge in [-0.15, -0.1) is 0 Å². The molecule has 0 aromatic heterocycles. The second kappa shape index (κ2) is 47.5. The van der Waals surface area contributed by atoms with Crippen molar-refractivity contribution >= 4 is 23.9 Å². The first kappa shape index (κ1) is 114. The van der Waals surface area contributed by atoms with Crippen LogP contribution in [-0.2, 0) is 83.1 Å². The summed E-state index contributed by atoms with van der Waals surface area (Å²) < 4.78 is 35.1. The first-order valence-corrected chi connectivity index (χ1v) is 50.1. The van der Waals surface area contributed by atoms with Crippen LogP contribution in [0.25, 0.3) is 0 Å². The zero-order valence-corrected chi connectivity index (χ0v) is 89.9. The Bertz CT molecular complexity index is 5080. The van der Waals surface area contributed by atoms with Gasteiger partial charge in [0, 0.05) is 89.6 Å². The van der Waals surface area contributed by atoms with Crippen molar-refractivity contribution in [2.75, 3.05) is 53.7 Å². The lowest BCUT2D eigenvalue weighted by Gasteiger charge is -2.54. The lowest BCUT2D eigenvalue weighted by Crippen LogP contribution is -2.62. The highest BCUT2D eigenvalue weighted by Gasteiger charge is 2.54. The summed E-state index contributed by atoms with van der Waals surface area (Å²) in [5.74, 6) is 1.16. The van der Waals surface area contributed by atoms with Gasteiger partial charge in [-0.3, -0.25) is 33.9 Å². The number of hydrogen-bond acceptors (Lipinski definition) is 22. The molecule has 22 nitrogen and oxygen atoms in total. The van der Waals surface area contributed by atoms with Gasteiger partial charge in [-0.05, 0) is 399 Å². The second-order valence-electron chi connectivity index (χ2n) is 45.2. The van der Waals surface area contributed by atoms with Crippen molar-refractivity contribution in [2.45, 2.75) is 393 Å². The van der Waals surface area contributed by atoms with E-state index in [0.29, 0.717) is 132 Å². The molecule has 4 fully saturated rings. The SMILES string of the molecule is CCCCC(Cc1cc(C)c(O)c(C)c1)(C(=O)OC1CC(C)(C)N(C)C(C)(C)C1)C(=O)OC1CC(C)(C)N(C)C(C)(C)C1.Cc1cc(C(C)CC(c2cc(C)c(O)cc2C)c2cc(C)c(O)cc2C)c(C)cc1O.Cc1cc(CCC(=O)OCC(C)(C)C2OCCCO2)cc(C)c1O.Cc1cc(CCCOOC2CC(C)(C)N(CCOC(=O)CCc3cc(C)c(O)c(C)c3)C(C)(C)C2)cc(C)c1O. The highest BCUT2D eigenvalue weighted by Crippen LogP contribution is 2.48. The maximum Gasteiger partial charge on any atom is 0.324 e. The second-order valence-corrected chi connectivity index (χ2v) is 45.2. The number of phenolic OH excluding ortho intramolecular Hbond substituents is 7. The number of likely N-dealkylation sites (tertiary alicyclic amines) is 3. The zero-order chi connectivity index (χ0) is 103. The largest absolute Gasteiger partial charge is 0.508 e. The molecule has 0 radical (unpaired) electrons. The molecule has 22 heteroatoms. The predicted octanol–water partition coefficient (Wildman–Crippen LogP) is 23.8. The summed E-state index contributed by atoms with van der Waals surface area (Å²) >= 11 is 0. The maximum absolute atomic E-state index is 14.6. The van der Waals surface area contributed by atoms with E-state index in [1.54, 1.807) is 0 Å². The van der Waals surface area contributed by atoms with Gasteiger partial charge >= 0.3 is 23.9 Å². The Balaban J connectivity index is 0.000000230. The van der Waals surface area contributed by atoms with E-state index < -0.39 is 17.4 Å². The highest BCUT2D eigenvalue weighted by molar-refractivity contribution is 6.00. The van der Waals surface area contributed by atoms with Crippen LogP contribution in [0.5, 0.6) is 40.2 Å². The van der Waals surface area contributed by atoms with Gasteiger partial charge < -0.3 is 64.2 Å². The van der Waals surface area contributed by atoms with E-state index >= 15 is 0 Å². The number of carbonyl (C=O) groups excluding carboxylic acids is 4. The third-order valence-corrected chi connectivity index (χ3v) is 29.9. The van der Waals surface area contributed by atoms with E-state index in [4.69, 9.17) is 38.2 Å². The molecule has 7 aromatic rings. The molecule has 0 amide bonds.